The van der Waals surface area contributed by atoms with Gasteiger partial charge in [-0.1, -0.05) is 18.5 Å². The summed E-state index contributed by atoms with van der Waals surface area (Å²) in [5, 5.41) is 2.25. The first-order valence-electron chi connectivity index (χ1n) is 8.65. The van der Waals surface area contributed by atoms with E-state index in [4.69, 9.17) is 21.1 Å². The second-order valence-electron chi connectivity index (χ2n) is 6.73. The van der Waals surface area contributed by atoms with E-state index in [2.05, 4.69) is 0 Å². The molecule has 3 heterocycles. The fourth-order valence-corrected chi connectivity index (χ4v) is 4.22. The zero-order chi connectivity index (χ0) is 19.8. The fraction of sp³-hybridized carbons (Fsp3) is 0.421. The quantitative estimate of drug-likeness (QED) is 0.411. The van der Waals surface area contributed by atoms with E-state index < -0.39 is 23.6 Å². The van der Waals surface area contributed by atoms with Crippen molar-refractivity contribution in [1.29, 1.82) is 0 Å². The van der Waals surface area contributed by atoms with Gasteiger partial charge < -0.3 is 14.0 Å². The Hall–Kier alpha value is -2.12. The van der Waals surface area contributed by atoms with Gasteiger partial charge in [-0.2, -0.15) is 0 Å². The van der Waals surface area contributed by atoms with Crippen LogP contribution in [0.1, 0.15) is 48.1 Å². The van der Waals surface area contributed by atoms with Gasteiger partial charge in [0, 0.05) is 20.4 Å². The summed E-state index contributed by atoms with van der Waals surface area (Å²) in [6, 6.07) is 5.22. The van der Waals surface area contributed by atoms with Crippen LogP contribution in [-0.2, 0) is 32.0 Å². The van der Waals surface area contributed by atoms with Crippen molar-refractivity contribution in [2.75, 3.05) is 0 Å². The minimum Gasteiger partial charge on any atom is -0.422 e. The molecule has 2 aromatic rings. The van der Waals surface area contributed by atoms with Crippen LogP contribution in [0, 0.1) is 5.92 Å². The van der Waals surface area contributed by atoms with Crippen molar-refractivity contribution in [3.63, 3.8) is 0 Å². The molecule has 144 valence electrons. The Bertz CT molecular complexity index is 878. The third-order valence-electron chi connectivity index (χ3n) is 4.40. The van der Waals surface area contributed by atoms with Gasteiger partial charge in [0.05, 0.1) is 10.6 Å². The molecule has 0 unspecified atom stereocenters. The number of hydrogen-bond donors (Lipinski definition) is 0. The van der Waals surface area contributed by atoms with Crippen LogP contribution in [0.3, 0.4) is 0 Å². The topological polar surface area (TPSA) is 74.6 Å². The monoisotopic (exact) mass is 409 g/mol. The average molecular weight is 410 g/mol. The first-order chi connectivity index (χ1) is 12.7. The molecule has 27 heavy (non-hydrogen) atoms. The van der Waals surface area contributed by atoms with Crippen LogP contribution >= 0.6 is 22.9 Å². The fourth-order valence-electron chi connectivity index (χ4n) is 3.04. The number of halogens is 1. The molecule has 0 aliphatic carbocycles. The lowest BCUT2D eigenvalue weighted by Crippen LogP contribution is -2.46. The number of ether oxygens (including phenoxy) is 2. The summed E-state index contributed by atoms with van der Waals surface area (Å²) in [4.78, 5) is 37.9. The normalized spacial score (nSPS) is 16.9. The van der Waals surface area contributed by atoms with Gasteiger partial charge in [-0.05, 0) is 42.0 Å². The van der Waals surface area contributed by atoms with Crippen LogP contribution in [0.15, 0.2) is 23.6 Å². The Morgan fingerprint density at radius 1 is 1.22 bits per heavy atom. The molecule has 0 saturated carbocycles. The first kappa shape index (κ1) is 19.6. The molecular weight excluding hydrogens is 390 g/mol. The molecule has 0 bridgehead atoms. The highest BCUT2D eigenvalue weighted by Gasteiger charge is 2.43. The Kier molecular flexibility index (Phi) is 5.44. The van der Waals surface area contributed by atoms with Crippen molar-refractivity contribution in [1.82, 2.24) is 4.57 Å². The van der Waals surface area contributed by atoms with Crippen molar-refractivity contribution in [2.45, 2.75) is 45.9 Å². The molecular formula is C19H20ClNO5S. The van der Waals surface area contributed by atoms with Crippen LogP contribution in [-0.4, -0.2) is 28.1 Å². The number of cyclic esters (lactones) is 2. The maximum Gasteiger partial charge on any atom is 0.323 e. The van der Waals surface area contributed by atoms with E-state index in [9.17, 15) is 14.4 Å². The van der Waals surface area contributed by atoms with Gasteiger partial charge in [-0.25, -0.2) is 0 Å². The van der Waals surface area contributed by atoms with Gasteiger partial charge in [0.15, 0.2) is 5.92 Å². The average Bonchev–Trinajstić information content (AvgIpc) is 3.19. The summed E-state index contributed by atoms with van der Waals surface area (Å²) in [6.07, 6.45) is 0.891. The van der Waals surface area contributed by atoms with Gasteiger partial charge in [-0.15, -0.1) is 11.3 Å². The molecule has 1 fully saturated rings. The molecule has 1 aliphatic heterocycles. The standard InChI is InChI=1S/C19H20ClNO5S/c1-4-11-8-10-27-16(11)15(22)13-5-6-14(20)21(13)9-7-12-17(23)25-19(2,3)26-18(12)24/h5-6,8,10,12H,4,7,9H2,1-3H3. The molecule has 0 aromatic carbocycles. The Labute approximate surface area is 166 Å². The summed E-state index contributed by atoms with van der Waals surface area (Å²) < 4.78 is 11.9. The molecule has 2 aromatic heterocycles. The number of hydrogen-bond acceptors (Lipinski definition) is 6. The molecule has 0 N–H and O–H groups in total. The minimum absolute atomic E-state index is 0.122. The van der Waals surface area contributed by atoms with Gasteiger partial charge in [0.2, 0.25) is 5.78 Å². The third kappa shape index (κ3) is 3.94. The maximum absolute atomic E-state index is 12.9. The SMILES string of the molecule is CCc1ccsc1C(=O)c1ccc(Cl)n1CCC1C(=O)OC(C)(C)OC1=O. The molecule has 8 heteroatoms. The second-order valence-corrected chi connectivity index (χ2v) is 8.04. The number of carbonyl (C=O) groups excluding carboxylic acids is 3. The van der Waals surface area contributed by atoms with Gasteiger partial charge in [0.25, 0.3) is 5.79 Å². The van der Waals surface area contributed by atoms with Crippen molar-refractivity contribution >= 4 is 40.7 Å². The summed E-state index contributed by atoms with van der Waals surface area (Å²) in [5.41, 5.74) is 1.41. The number of esters is 2. The van der Waals surface area contributed by atoms with Gasteiger partial charge >= 0.3 is 11.9 Å². The van der Waals surface area contributed by atoms with Gasteiger partial charge in [0.1, 0.15) is 5.15 Å². The lowest BCUT2D eigenvalue weighted by atomic mass is 10.0. The van der Waals surface area contributed by atoms with E-state index >= 15 is 0 Å². The van der Waals surface area contributed by atoms with E-state index in [0.717, 1.165) is 12.0 Å². The second kappa shape index (κ2) is 7.48. The summed E-state index contributed by atoms with van der Waals surface area (Å²) in [5.74, 6) is -3.67. The highest BCUT2D eigenvalue weighted by Crippen LogP contribution is 2.28. The summed E-state index contributed by atoms with van der Waals surface area (Å²) in [6.45, 7) is 5.22. The molecule has 1 aliphatic rings. The summed E-state index contributed by atoms with van der Waals surface area (Å²) in [7, 11) is 0. The molecule has 3 rings (SSSR count). The first-order valence-corrected chi connectivity index (χ1v) is 9.91. The highest BCUT2D eigenvalue weighted by atomic mass is 35.5. The van der Waals surface area contributed by atoms with Crippen LogP contribution in [0.5, 0.6) is 0 Å². The Morgan fingerprint density at radius 2 is 1.89 bits per heavy atom. The molecule has 6 nitrogen and oxygen atoms in total. The van der Waals surface area contributed by atoms with Crippen LogP contribution in [0.4, 0.5) is 0 Å². The van der Waals surface area contributed by atoms with Crippen LogP contribution in [0.25, 0.3) is 0 Å². The Morgan fingerprint density at radius 3 is 2.52 bits per heavy atom. The maximum atomic E-state index is 12.9. The smallest absolute Gasteiger partial charge is 0.323 e. The molecule has 1 saturated heterocycles. The number of thiophene rings is 1. The van der Waals surface area contributed by atoms with E-state index in [1.54, 1.807) is 16.7 Å². The van der Waals surface area contributed by atoms with Crippen LogP contribution < -0.4 is 0 Å². The number of aryl methyl sites for hydroxylation is 1. The van der Waals surface area contributed by atoms with E-state index in [0.29, 0.717) is 15.7 Å². The lowest BCUT2D eigenvalue weighted by Gasteiger charge is -2.32. The van der Waals surface area contributed by atoms with Crippen molar-refractivity contribution in [2.24, 2.45) is 5.92 Å². The van der Waals surface area contributed by atoms with Gasteiger partial charge in [-0.3, -0.25) is 14.4 Å². The Balaban J connectivity index is 1.79. The number of rotatable bonds is 6. The number of carbonyl (C=O) groups is 3. The predicted molar refractivity (Wildman–Crippen MR) is 101 cm³/mol. The van der Waals surface area contributed by atoms with Crippen molar-refractivity contribution in [3.8, 4) is 0 Å². The zero-order valence-corrected chi connectivity index (χ0v) is 16.9. The third-order valence-corrected chi connectivity index (χ3v) is 5.68. The summed E-state index contributed by atoms with van der Waals surface area (Å²) >= 11 is 7.63. The van der Waals surface area contributed by atoms with E-state index in [1.807, 2.05) is 18.4 Å². The molecule has 0 radical (unpaired) electrons. The molecule has 0 amide bonds. The predicted octanol–water partition coefficient (Wildman–Crippen LogP) is 3.84. The number of nitrogens with zero attached hydrogens (tertiary/aromatic N) is 1. The van der Waals surface area contributed by atoms with E-state index in [1.165, 1.54) is 25.2 Å². The number of ketones is 1. The highest BCUT2D eigenvalue weighted by molar-refractivity contribution is 7.12. The minimum atomic E-state index is -1.26. The van der Waals surface area contributed by atoms with E-state index in [-0.39, 0.29) is 18.7 Å². The molecule has 0 atom stereocenters. The van der Waals surface area contributed by atoms with Crippen LogP contribution in [0.2, 0.25) is 5.15 Å². The molecule has 0 spiro atoms. The zero-order valence-electron chi connectivity index (χ0n) is 15.3. The lowest BCUT2D eigenvalue weighted by molar-refractivity contribution is -0.240. The van der Waals surface area contributed by atoms with Crippen molar-refractivity contribution in [3.05, 3.63) is 44.9 Å². The number of aromatic nitrogens is 1. The van der Waals surface area contributed by atoms with Crippen molar-refractivity contribution < 1.29 is 23.9 Å². The largest absolute Gasteiger partial charge is 0.422 e.